The van der Waals surface area contributed by atoms with Crippen LogP contribution >= 0.6 is 0 Å². The Hall–Kier alpha value is -3.36. The van der Waals surface area contributed by atoms with E-state index in [4.69, 9.17) is 9.47 Å². The van der Waals surface area contributed by atoms with Gasteiger partial charge in [0, 0.05) is 0 Å². The van der Waals surface area contributed by atoms with E-state index in [-0.39, 0.29) is 32.4 Å². The minimum absolute atomic E-state index is 0.162. The van der Waals surface area contributed by atoms with Gasteiger partial charge in [0.25, 0.3) is 0 Å². The molecule has 0 spiro atoms. The Morgan fingerprint density at radius 1 is 0.656 bits per heavy atom. The number of ether oxygens (including phenoxy) is 2. The predicted molar refractivity (Wildman–Crippen MR) is 127 cm³/mol. The van der Waals surface area contributed by atoms with Gasteiger partial charge in [-0.3, -0.25) is 0 Å². The molecule has 4 aromatic carbocycles. The van der Waals surface area contributed by atoms with Crippen LogP contribution in [0, 0.1) is 0 Å². The van der Waals surface area contributed by atoms with Crippen LogP contribution in [0.25, 0.3) is 10.8 Å². The zero-order valence-electron chi connectivity index (χ0n) is 17.8. The second kappa shape index (κ2) is 9.84. The van der Waals surface area contributed by atoms with E-state index < -0.39 is 0 Å². The van der Waals surface area contributed by atoms with Gasteiger partial charge in [-0.15, -0.1) is 0 Å². The molecule has 159 valence electrons. The van der Waals surface area contributed by atoms with E-state index in [9.17, 15) is 9.59 Å². The Balaban J connectivity index is 1.72. The molecular weight excluding hydrogens is 463 g/mol. The van der Waals surface area contributed by atoms with Gasteiger partial charge in [-0.25, -0.2) is 0 Å². The molecule has 0 heterocycles. The van der Waals surface area contributed by atoms with Crippen molar-refractivity contribution in [3.63, 3.8) is 0 Å². The van der Waals surface area contributed by atoms with Gasteiger partial charge in [0.05, 0.1) is 0 Å². The first-order valence-electron chi connectivity index (χ1n) is 10.2. The topological polar surface area (TPSA) is 52.6 Å². The Morgan fingerprint density at radius 3 is 1.69 bits per heavy atom. The van der Waals surface area contributed by atoms with Gasteiger partial charge in [0.15, 0.2) is 0 Å². The van der Waals surface area contributed by atoms with Crippen molar-refractivity contribution in [3.8, 4) is 11.5 Å². The molecule has 0 aliphatic heterocycles. The van der Waals surface area contributed by atoms with E-state index >= 15 is 0 Å². The van der Waals surface area contributed by atoms with Crippen LogP contribution in [-0.4, -0.2) is 27.7 Å². The van der Waals surface area contributed by atoms with Crippen molar-refractivity contribution in [2.75, 3.05) is 0 Å². The van der Waals surface area contributed by atoms with Crippen LogP contribution in [0.4, 0.5) is 0 Å². The van der Waals surface area contributed by atoms with Gasteiger partial charge in [0.1, 0.15) is 0 Å². The summed E-state index contributed by atoms with van der Waals surface area (Å²) in [6.45, 7) is 2.79. The van der Waals surface area contributed by atoms with Crippen molar-refractivity contribution < 1.29 is 19.1 Å². The third-order valence-corrected chi connectivity index (χ3v) is 8.14. The summed E-state index contributed by atoms with van der Waals surface area (Å²) < 4.78 is 11.9. The molecule has 4 aromatic rings. The summed E-state index contributed by atoms with van der Waals surface area (Å²) in [5.74, 6) is 0.396. The Labute approximate surface area is 193 Å². The number of benzene rings is 4. The molecule has 4 nitrogen and oxygen atoms in total. The fourth-order valence-electron chi connectivity index (χ4n) is 3.57. The molecule has 0 bridgehead atoms. The molecule has 0 saturated carbocycles. The van der Waals surface area contributed by atoms with E-state index in [1.54, 1.807) is 0 Å². The van der Waals surface area contributed by atoms with Crippen molar-refractivity contribution in [3.05, 3.63) is 102 Å². The van der Waals surface area contributed by atoms with Crippen LogP contribution in [0.5, 0.6) is 11.5 Å². The third kappa shape index (κ3) is 5.27. The molecule has 0 aliphatic carbocycles. The van der Waals surface area contributed by atoms with E-state index in [0.717, 1.165) is 11.1 Å². The summed E-state index contributed by atoms with van der Waals surface area (Å²) in [5, 5.41) is 2.50. The first kappa shape index (κ1) is 21.9. The van der Waals surface area contributed by atoms with Crippen LogP contribution in [0.2, 0.25) is 0 Å². The van der Waals surface area contributed by atoms with Crippen molar-refractivity contribution in [2.45, 2.75) is 18.6 Å². The Morgan fingerprint density at radius 2 is 1.16 bits per heavy atom. The molecule has 0 amide bonds. The quantitative estimate of drug-likeness (QED) is 0.224. The van der Waals surface area contributed by atoms with Crippen LogP contribution < -0.4 is 13.8 Å². The first-order valence-corrected chi connectivity index (χ1v) is 12.3. The van der Waals surface area contributed by atoms with Crippen molar-refractivity contribution in [1.29, 1.82) is 0 Å². The predicted octanol–water partition coefficient (Wildman–Crippen LogP) is 4.81. The second-order valence-electron chi connectivity index (χ2n) is 7.36. The molecule has 0 fully saturated rings. The van der Waals surface area contributed by atoms with Crippen molar-refractivity contribution in [2.24, 2.45) is 0 Å². The molecule has 4 rings (SSSR count). The summed E-state index contributed by atoms with van der Waals surface area (Å²) >= 11 is -0.282. The van der Waals surface area contributed by atoms with Gasteiger partial charge in [-0.05, 0) is 0 Å². The molecule has 0 aliphatic rings. The van der Waals surface area contributed by atoms with Crippen LogP contribution in [-0.2, 0) is 9.59 Å². The van der Waals surface area contributed by atoms with Crippen LogP contribution in [0.1, 0.15) is 29.7 Å². The fraction of sp³-hybridized carbons (Fsp3) is 0.111. The van der Waals surface area contributed by atoms with E-state index in [0.29, 0.717) is 11.5 Å². The molecule has 0 unspecified atom stereocenters. The summed E-state index contributed by atoms with van der Waals surface area (Å²) in [6.07, 6.45) is 0. The number of hydrogen-bond acceptors (Lipinski definition) is 4. The normalized spacial score (nSPS) is 11.2. The van der Waals surface area contributed by atoms with Crippen molar-refractivity contribution >= 4 is 42.8 Å². The summed E-state index contributed by atoms with van der Waals surface area (Å²) in [4.78, 5) is 22.5. The van der Waals surface area contributed by atoms with Gasteiger partial charge in [-0.1, -0.05) is 0 Å². The van der Waals surface area contributed by atoms with Gasteiger partial charge in [-0.2, -0.15) is 0 Å². The average molecular weight is 485 g/mol. The minimum atomic E-state index is -0.336. The van der Waals surface area contributed by atoms with Gasteiger partial charge < -0.3 is 0 Å². The molecule has 0 aromatic heterocycles. The van der Waals surface area contributed by atoms with E-state index in [2.05, 4.69) is 42.5 Å². The Bertz CT molecular complexity index is 1180. The number of carbonyl (C=O) groups excluding carboxylic acids is 2. The SMILES string of the molecule is CC(=O)Oc1ccc(C([As]c2cccc3ccccc23)c2ccc(OC(C)=O)cc2)cc1. The maximum atomic E-state index is 11.3. The molecule has 0 atom stereocenters. The number of hydrogen-bond donors (Lipinski definition) is 0. The standard InChI is InChI=1S/C27H22AsO4/c1-18(29)31-23-14-10-21(11-15-23)27(22-12-16-24(17-13-22)32-19(2)30)28-26-9-5-7-20-6-3-4-8-25(20)26/h3-17,27H,1-2H3. The van der Waals surface area contributed by atoms with Crippen molar-refractivity contribution in [1.82, 2.24) is 0 Å². The Kier molecular flexibility index (Phi) is 6.72. The average Bonchev–Trinajstić information content (AvgIpc) is 2.78. The number of carbonyl (C=O) groups is 2. The molecule has 0 saturated heterocycles. The number of rotatable bonds is 6. The zero-order valence-corrected chi connectivity index (χ0v) is 19.7. The number of fused-ring (bicyclic) bond motifs is 1. The molecular formula is C27H22AsO4. The zero-order chi connectivity index (χ0) is 22.5. The molecule has 1 radical (unpaired) electrons. The fourth-order valence-corrected chi connectivity index (χ4v) is 6.58. The van der Waals surface area contributed by atoms with E-state index in [1.807, 2.05) is 48.5 Å². The van der Waals surface area contributed by atoms with Crippen LogP contribution in [0.15, 0.2) is 91.0 Å². The first-order chi connectivity index (χ1) is 15.5. The van der Waals surface area contributed by atoms with Gasteiger partial charge >= 0.3 is 194 Å². The monoisotopic (exact) mass is 485 g/mol. The summed E-state index contributed by atoms with van der Waals surface area (Å²) in [6, 6.07) is 30.3. The summed E-state index contributed by atoms with van der Waals surface area (Å²) in [5.41, 5.74) is 2.29. The van der Waals surface area contributed by atoms with E-state index in [1.165, 1.54) is 29.0 Å². The molecule has 0 N–H and O–H groups in total. The van der Waals surface area contributed by atoms with Gasteiger partial charge in [0.2, 0.25) is 0 Å². The molecule has 5 heteroatoms. The number of esters is 2. The van der Waals surface area contributed by atoms with Crippen LogP contribution in [0.3, 0.4) is 0 Å². The maximum absolute atomic E-state index is 11.3. The second-order valence-corrected chi connectivity index (χ2v) is 9.99. The summed E-state index contributed by atoms with van der Waals surface area (Å²) in [7, 11) is 0. The molecule has 32 heavy (non-hydrogen) atoms. The third-order valence-electron chi connectivity index (χ3n) is 4.95.